The third kappa shape index (κ3) is 3.71. The minimum absolute atomic E-state index is 0.0501. The summed E-state index contributed by atoms with van der Waals surface area (Å²) in [4.78, 5) is 11.6. The lowest BCUT2D eigenvalue weighted by Crippen LogP contribution is -1.90. The number of hydrogen-bond acceptors (Lipinski definition) is 3. The van der Waals surface area contributed by atoms with Crippen LogP contribution in [0.3, 0.4) is 0 Å². The predicted molar refractivity (Wildman–Crippen MR) is 74.5 cm³/mol. The van der Waals surface area contributed by atoms with E-state index in [1.54, 1.807) is 36.4 Å². The van der Waals surface area contributed by atoms with Crippen molar-refractivity contribution in [3.05, 3.63) is 71.7 Å². The lowest BCUT2D eigenvalue weighted by molar-refractivity contribution is -0.110. The summed E-state index contributed by atoms with van der Waals surface area (Å²) in [5.41, 5.74) is 0.609. The van der Waals surface area contributed by atoms with Gasteiger partial charge in [-0.2, -0.15) is 0 Å². The van der Waals surface area contributed by atoms with Gasteiger partial charge in [-0.15, -0.1) is 0 Å². The molecule has 0 unspecified atom stereocenters. The number of aliphatic hydroxyl groups is 1. The van der Waals surface area contributed by atoms with Gasteiger partial charge in [0.1, 0.15) is 17.3 Å². The summed E-state index contributed by atoms with van der Waals surface area (Å²) < 4.78 is 5.30. The van der Waals surface area contributed by atoms with Gasteiger partial charge in [-0.1, -0.05) is 30.3 Å². The SMILES string of the molecule is Cc1ccc(/C=C/C(=O)/C=C(\O)c2ccccc2)o1. The standard InChI is InChI=1S/C16H14O3/c1-12-7-9-15(19-12)10-8-14(17)11-16(18)13-5-3-2-4-6-13/h2-11,18H,1H3/b10-8+,16-11-. The molecule has 0 saturated heterocycles. The molecule has 3 heteroatoms. The zero-order valence-electron chi connectivity index (χ0n) is 10.5. The van der Waals surface area contributed by atoms with Crippen LogP contribution in [-0.2, 0) is 4.79 Å². The van der Waals surface area contributed by atoms with Crippen LogP contribution in [0.5, 0.6) is 0 Å². The molecule has 2 rings (SSSR count). The Morgan fingerprint density at radius 1 is 1.16 bits per heavy atom. The van der Waals surface area contributed by atoms with Crippen LogP contribution in [0.4, 0.5) is 0 Å². The summed E-state index contributed by atoms with van der Waals surface area (Å²) in [5.74, 6) is 1.05. The van der Waals surface area contributed by atoms with Gasteiger partial charge in [0, 0.05) is 11.6 Å². The van der Waals surface area contributed by atoms with Crippen LogP contribution in [0.1, 0.15) is 17.1 Å². The number of carbonyl (C=O) groups is 1. The first-order chi connectivity index (χ1) is 9.15. The number of carbonyl (C=O) groups excluding carboxylic acids is 1. The molecular formula is C16H14O3. The highest BCUT2D eigenvalue weighted by molar-refractivity contribution is 6.05. The monoisotopic (exact) mass is 254 g/mol. The third-order valence-electron chi connectivity index (χ3n) is 2.52. The molecule has 19 heavy (non-hydrogen) atoms. The second-order valence-electron chi connectivity index (χ2n) is 4.08. The van der Waals surface area contributed by atoms with E-state index >= 15 is 0 Å². The summed E-state index contributed by atoms with van der Waals surface area (Å²) in [7, 11) is 0. The van der Waals surface area contributed by atoms with E-state index in [1.165, 1.54) is 12.2 Å². The van der Waals surface area contributed by atoms with Crippen molar-refractivity contribution < 1.29 is 14.3 Å². The van der Waals surface area contributed by atoms with E-state index in [9.17, 15) is 9.90 Å². The van der Waals surface area contributed by atoms with Crippen molar-refractivity contribution in [1.29, 1.82) is 0 Å². The molecule has 1 aromatic heterocycles. The van der Waals surface area contributed by atoms with Crippen LogP contribution in [0, 0.1) is 6.92 Å². The van der Waals surface area contributed by atoms with E-state index in [4.69, 9.17) is 4.42 Å². The molecule has 2 aromatic rings. The number of furan rings is 1. The van der Waals surface area contributed by atoms with Crippen molar-refractivity contribution >= 4 is 17.6 Å². The smallest absolute Gasteiger partial charge is 0.182 e. The van der Waals surface area contributed by atoms with Crippen LogP contribution in [0.25, 0.3) is 11.8 Å². The highest BCUT2D eigenvalue weighted by atomic mass is 16.3. The Kier molecular flexibility index (Phi) is 3.98. The maximum absolute atomic E-state index is 11.6. The number of ketones is 1. The fourth-order valence-corrected chi connectivity index (χ4v) is 1.58. The number of aryl methyl sites for hydroxylation is 1. The molecular weight excluding hydrogens is 240 g/mol. The molecule has 0 bridgehead atoms. The Morgan fingerprint density at radius 2 is 1.89 bits per heavy atom. The van der Waals surface area contributed by atoms with Gasteiger partial charge in [0.05, 0.1) is 0 Å². The molecule has 1 N–H and O–H groups in total. The molecule has 0 fully saturated rings. The van der Waals surface area contributed by atoms with E-state index < -0.39 is 0 Å². The van der Waals surface area contributed by atoms with E-state index in [2.05, 4.69) is 0 Å². The maximum atomic E-state index is 11.6. The summed E-state index contributed by atoms with van der Waals surface area (Å²) in [6.45, 7) is 1.83. The van der Waals surface area contributed by atoms with Crippen molar-refractivity contribution in [2.24, 2.45) is 0 Å². The van der Waals surface area contributed by atoms with Crippen molar-refractivity contribution in [2.45, 2.75) is 6.92 Å². The van der Waals surface area contributed by atoms with Crippen LogP contribution in [-0.4, -0.2) is 10.9 Å². The fourth-order valence-electron chi connectivity index (χ4n) is 1.58. The predicted octanol–water partition coefficient (Wildman–Crippen LogP) is 3.77. The topological polar surface area (TPSA) is 50.4 Å². The van der Waals surface area contributed by atoms with Crippen molar-refractivity contribution in [3.8, 4) is 0 Å². The molecule has 3 nitrogen and oxygen atoms in total. The number of benzene rings is 1. The van der Waals surface area contributed by atoms with Gasteiger partial charge < -0.3 is 9.52 Å². The van der Waals surface area contributed by atoms with Crippen LogP contribution in [0.2, 0.25) is 0 Å². The number of allylic oxidation sites excluding steroid dienone is 2. The quantitative estimate of drug-likeness (QED) is 0.667. The lowest BCUT2D eigenvalue weighted by Gasteiger charge is -1.97. The molecule has 0 spiro atoms. The lowest BCUT2D eigenvalue weighted by atomic mass is 10.1. The summed E-state index contributed by atoms with van der Waals surface area (Å²) in [6.07, 6.45) is 4.11. The minimum atomic E-state index is -0.296. The Balaban J connectivity index is 2.07. The highest BCUT2D eigenvalue weighted by Gasteiger charge is 2.00. The molecule has 1 aromatic carbocycles. The first-order valence-electron chi connectivity index (χ1n) is 5.90. The molecule has 0 radical (unpaired) electrons. The van der Waals surface area contributed by atoms with Gasteiger partial charge in [-0.3, -0.25) is 4.79 Å². The maximum Gasteiger partial charge on any atom is 0.182 e. The van der Waals surface area contributed by atoms with E-state index in [0.29, 0.717) is 11.3 Å². The van der Waals surface area contributed by atoms with Gasteiger partial charge in [0.25, 0.3) is 0 Å². The average molecular weight is 254 g/mol. The number of hydrogen-bond donors (Lipinski definition) is 1. The second kappa shape index (κ2) is 5.87. The highest BCUT2D eigenvalue weighted by Crippen LogP contribution is 2.11. The van der Waals surface area contributed by atoms with E-state index in [1.807, 2.05) is 19.1 Å². The molecule has 0 aliphatic carbocycles. The van der Waals surface area contributed by atoms with Crippen molar-refractivity contribution in [3.63, 3.8) is 0 Å². The van der Waals surface area contributed by atoms with Gasteiger partial charge >= 0.3 is 0 Å². The third-order valence-corrected chi connectivity index (χ3v) is 2.52. The van der Waals surface area contributed by atoms with Crippen LogP contribution >= 0.6 is 0 Å². The molecule has 96 valence electrons. The van der Waals surface area contributed by atoms with Gasteiger partial charge in [-0.05, 0) is 31.2 Å². The van der Waals surface area contributed by atoms with Gasteiger partial charge in [0.2, 0.25) is 0 Å². The summed E-state index contributed by atoms with van der Waals surface area (Å²) in [6, 6.07) is 12.5. The van der Waals surface area contributed by atoms with Crippen LogP contribution < -0.4 is 0 Å². The summed E-state index contributed by atoms with van der Waals surface area (Å²) in [5, 5.41) is 9.78. The number of rotatable bonds is 4. The molecule has 1 heterocycles. The average Bonchev–Trinajstić information content (AvgIpc) is 2.83. The first-order valence-corrected chi connectivity index (χ1v) is 5.90. The van der Waals surface area contributed by atoms with Gasteiger partial charge in [-0.25, -0.2) is 0 Å². The van der Waals surface area contributed by atoms with Crippen LogP contribution in [0.15, 0.2) is 59.0 Å². The Bertz CT molecular complexity index is 618. The molecule has 0 aliphatic heterocycles. The Morgan fingerprint density at radius 3 is 2.53 bits per heavy atom. The Labute approximate surface area is 111 Å². The summed E-state index contributed by atoms with van der Waals surface area (Å²) >= 11 is 0. The van der Waals surface area contributed by atoms with Crippen molar-refractivity contribution in [1.82, 2.24) is 0 Å². The molecule has 0 aliphatic rings. The van der Waals surface area contributed by atoms with E-state index in [0.717, 1.165) is 5.76 Å². The molecule has 0 saturated carbocycles. The first kappa shape index (κ1) is 12.9. The van der Waals surface area contributed by atoms with Crippen molar-refractivity contribution in [2.75, 3.05) is 0 Å². The fraction of sp³-hybridized carbons (Fsp3) is 0.0625. The molecule has 0 amide bonds. The minimum Gasteiger partial charge on any atom is -0.507 e. The molecule has 0 atom stereocenters. The number of aliphatic hydroxyl groups excluding tert-OH is 1. The normalized spacial score (nSPS) is 11.9. The zero-order chi connectivity index (χ0) is 13.7. The Hall–Kier alpha value is -2.55. The zero-order valence-corrected chi connectivity index (χ0v) is 10.5. The van der Waals surface area contributed by atoms with E-state index in [-0.39, 0.29) is 11.5 Å². The second-order valence-corrected chi connectivity index (χ2v) is 4.08. The van der Waals surface area contributed by atoms with Gasteiger partial charge in [0.15, 0.2) is 5.78 Å². The largest absolute Gasteiger partial charge is 0.507 e.